The quantitative estimate of drug-likeness (QED) is 0.493. The van der Waals surface area contributed by atoms with E-state index in [1.807, 2.05) is 36.4 Å². The van der Waals surface area contributed by atoms with Gasteiger partial charge in [-0.2, -0.15) is 5.10 Å². The monoisotopic (exact) mass is 355 g/mol. The fourth-order valence-electron chi connectivity index (χ4n) is 1.66. The summed E-state index contributed by atoms with van der Waals surface area (Å²) < 4.78 is 2.62. The highest BCUT2D eigenvalue weighted by molar-refractivity contribution is 14.1. The Kier molecular flexibility index (Phi) is 2.76. The highest BCUT2D eigenvalue weighted by Crippen LogP contribution is 2.23. The summed E-state index contributed by atoms with van der Waals surface area (Å²) in [6.45, 7) is 0. The Balaban J connectivity index is 2.28. The topological polar surface area (TPSA) is 30.2 Å². The first-order valence-corrected chi connectivity index (χ1v) is 6.46. The van der Waals surface area contributed by atoms with Crippen molar-refractivity contribution in [1.82, 2.24) is 14.6 Å². The van der Waals surface area contributed by atoms with Gasteiger partial charge in [-0.25, -0.2) is 9.50 Å². The number of hydrogen-bond donors (Lipinski definition) is 0. The number of fused-ring (bicyclic) bond motifs is 1. The van der Waals surface area contributed by atoms with Gasteiger partial charge in [0.1, 0.15) is 5.15 Å². The molecule has 0 saturated heterocycles. The molecule has 3 nitrogen and oxygen atoms in total. The van der Waals surface area contributed by atoms with E-state index < -0.39 is 0 Å². The van der Waals surface area contributed by atoms with Crippen molar-refractivity contribution in [2.24, 2.45) is 0 Å². The lowest BCUT2D eigenvalue weighted by Crippen LogP contribution is -1.94. The fourth-order valence-corrected chi connectivity index (χ4v) is 2.36. The molecule has 0 spiro atoms. The highest BCUT2D eigenvalue weighted by atomic mass is 127. The minimum atomic E-state index is 0.566. The van der Waals surface area contributed by atoms with E-state index in [-0.39, 0.29) is 0 Å². The first kappa shape index (κ1) is 11.0. The van der Waals surface area contributed by atoms with Crippen LogP contribution in [0.2, 0.25) is 5.15 Å². The number of benzene rings is 1. The van der Waals surface area contributed by atoms with Crippen LogP contribution in [0.15, 0.2) is 42.6 Å². The van der Waals surface area contributed by atoms with Crippen molar-refractivity contribution in [3.05, 3.63) is 51.3 Å². The standard InChI is InChI=1S/C12H7ClIN3/c13-11-6-10(8-4-2-1-3-5-8)16-12-9(14)7-15-17(11)12/h1-7H. The SMILES string of the molecule is Clc1cc(-c2ccccc2)nc2c(I)cnn12. The van der Waals surface area contributed by atoms with Gasteiger partial charge in [-0.05, 0) is 22.6 Å². The van der Waals surface area contributed by atoms with Crippen molar-refractivity contribution in [2.45, 2.75) is 0 Å². The largest absolute Gasteiger partial charge is 0.227 e. The molecule has 2 aromatic heterocycles. The van der Waals surface area contributed by atoms with Crippen LogP contribution in [0.5, 0.6) is 0 Å². The second-order valence-corrected chi connectivity index (χ2v) is 5.11. The van der Waals surface area contributed by atoms with E-state index in [4.69, 9.17) is 11.6 Å². The zero-order valence-electron chi connectivity index (χ0n) is 8.64. The summed E-state index contributed by atoms with van der Waals surface area (Å²) in [5, 5.41) is 4.73. The van der Waals surface area contributed by atoms with Crippen LogP contribution in [0.4, 0.5) is 0 Å². The third-order valence-corrected chi connectivity index (χ3v) is 3.49. The van der Waals surface area contributed by atoms with E-state index >= 15 is 0 Å². The lowest BCUT2D eigenvalue weighted by atomic mass is 10.1. The molecule has 3 aromatic rings. The highest BCUT2D eigenvalue weighted by Gasteiger charge is 2.09. The van der Waals surface area contributed by atoms with Crippen molar-refractivity contribution >= 4 is 39.8 Å². The predicted octanol–water partition coefficient (Wildman–Crippen LogP) is 3.65. The molecule has 0 aliphatic carbocycles. The van der Waals surface area contributed by atoms with E-state index in [1.165, 1.54) is 0 Å². The molecule has 0 saturated carbocycles. The van der Waals surface area contributed by atoms with Gasteiger partial charge in [-0.1, -0.05) is 41.9 Å². The molecule has 0 bridgehead atoms. The average molecular weight is 356 g/mol. The van der Waals surface area contributed by atoms with Gasteiger partial charge in [-0.3, -0.25) is 0 Å². The average Bonchev–Trinajstić information content (AvgIpc) is 2.73. The predicted molar refractivity (Wildman–Crippen MR) is 76.2 cm³/mol. The Labute approximate surface area is 117 Å². The second kappa shape index (κ2) is 4.27. The van der Waals surface area contributed by atoms with Gasteiger partial charge in [0, 0.05) is 11.6 Å². The number of hydrogen-bond acceptors (Lipinski definition) is 2. The van der Waals surface area contributed by atoms with Crippen LogP contribution in [0.3, 0.4) is 0 Å². The van der Waals surface area contributed by atoms with Crippen LogP contribution in [-0.2, 0) is 0 Å². The van der Waals surface area contributed by atoms with Crippen LogP contribution in [0.25, 0.3) is 16.9 Å². The Morgan fingerprint density at radius 3 is 2.71 bits per heavy atom. The molecule has 0 atom stereocenters. The number of halogens is 2. The molecular weight excluding hydrogens is 349 g/mol. The first-order valence-electron chi connectivity index (χ1n) is 5.01. The van der Waals surface area contributed by atoms with Crippen LogP contribution in [0, 0.1) is 3.57 Å². The smallest absolute Gasteiger partial charge is 0.170 e. The summed E-state index contributed by atoms with van der Waals surface area (Å²) in [6.07, 6.45) is 1.75. The van der Waals surface area contributed by atoms with E-state index in [1.54, 1.807) is 10.7 Å². The Morgan fingerprint density at radius 2 is 1.94 bits per heavy atom. The van der Waals surface area contributed by atoms with Gasteiger partial charge >= 0.3 is 0 Å². The number of rotatable bonds is 1. The molecular formula is C12H7ClIN3. The molecule has 0 fully saturated rings. The maximum Gasteiger partial charge on any atom is 0.170 e. The summed E-state index contributed by atoms with van der Waals surface area (Å²) in [6, 6.07) is 11.8. The molecule has 17 heavy (non-hydrogen) atoms. The number of nitrogens with zero attached hydrogens (tertiary/aromatic N) is 3. The van der Waals surface area contributed by atoms with E-state index in [2.05, 4.69) is 32.7 Å². The molecule has 5 heteroatoms. The van der Waals surface area contributed by atoms with Gasteiger partial charge in [0.15, 0.2) is 5.65 Å². The lowest BCUT2D eigenvalue weighted by Gasteiger charge is -2.03. The Morgan fingerprint density at radius 1 is 1.18 bits per heavy atom. The third-order valence-electron chi connectivity index (χ3n) is 2.45. The minimum absolute atomic E-state index is 0.566. The molecule has 0 N–H and O–H groups in total. The van der Waals surface area contributed by atoms with Gasteiger partial charge in [0.05, 0.1) is 15.5 Å². The normalized spacial score (nSPS) is 10.9. The molecule has 84 valence electrons. The Bertz CT molecular complexity index is 679. The van der Waals surface area contributed by atoms with Crippen LogP contribution in [-0.4, -0.2) is 14.6 Å². The minimum Gasteiger partial charge on any atom is -0.227 e. The van der Waals surface area contributed by atoms with Crippen LogP contribution < -0.4 is 0 Å². The van der Waals surface area contributed by atoms with Crippen molar-refractivity contribution < 1.29 is 0 Å². The maximum atomic E-state index is 6.18. The molecule has 1 aromatic carbocycles. The lowest BCUT2D eigenvalue weighted by molar-refractivity contribution is 0.942. The van der Waals surface area contributed by atoms with E-state index in [9.17, 15) is 0 Å². The summed E-state index contributed by atoms with van der Waals surface area (Å²) in [5.41, 5.74) is 2.70. The molecule has 0 aliphatic rings. The van der Waals surface area contributed by atoms with Crippen molar-refractivity contribution in [3.8, 4) is 11.3 Å². The molecule has 0 unspecified atom stereocenters. The zero-order chi connectivity index (χ0) is 11.8. The summed E-state index contributed by atoms with van der Waals surface area (Å²) in [5.74, 6) is 0. The molecule has 0 radical (unpaired) electrons. The maximum absolute atomic E-state index is 6.18. The molecule has 0 amide bonds. The van der Waals surface area contributed by atoms with Crippen LogP contribution >= 0.6 is 34.2 Å². The molecule has 0 aliphatic heterocycles. The van der Waals surface area contributed by atoms with Gasteiger partial charge < -0.3 is 0 Å². The van der Waals surface area contributed by atoms with Crippen molar-refractivity contribution in [2.75, 3.05) is 0 Å². The van der Waals surface area contributed by atoms with Crippen molar-refractivity contribution in [1.29, 1.82) is 0 Å². The summed E-state index contributed by atoms with van der Waals surface area (Å²) in [4.78, 5) is 4.57. The van der Waals surface area contributed by atoms with Crippen LogP contribution in [0.1, 0.15) is 0 Å². The van der Waals surface area contributed by atoms with Gasteiger partial charge in [0.25, 0.3) is 0 Å². The van der Waals surface area contributed by atoms with Gasteiger partial charge in [0.2, 0.25) is 0 Å². The second-order valence-electron chi connectivity index (χ2n) is 3.56. The zero-order valence-corrected chi connectivity index (χ0v) is 11.6. The summed E-state index contributed by atoms with van der Waals surface area (Å²) >= 11 is 8.38. The number of aromatic nitrogens is 3. The van der Waals surface area contributed by atoms with Crippen molar-refractivity contribution in [3.63, 3.8) is 0 Å². The van der Waals surface area contributed by atoms with Gasteiger partial charge in [-0.15, -0.1) is 0 Å². The van der Waals surface area contributed by atoms with E-state index in [0.717, 1.165) is 20.5 Å². The first-order chi connectivity index (χ1) is 8.25. The summed E-state index contributed by atoms with van der Waals surface area (Å²) in [7, 11) is 0. The van der Waals surface area contributed by atoms with E-state index in [0.29, 0.717) is 5.15 Å². The molecule has 2 heterocycles. The molecule has 3 rings (SSSR count). The fraction of sp³-hybridized carbons (Fsp3) is 0. The third kappa shape index (κ3) is 1.91. The Hall–Kier alpha value is -1.14.